The lowest BCUT2D eigenvalue weighted by molar-refractivity contribution is 0.0641. The second kappa shape index (κ2) is 8.35. The maximum absolute atomic E-state index is 12.4. The van der Waals surface area contributed by atoms with Gasteiger partial charge in [-0.1, -0.05) is 12.1 Å². The number of ether oxygens (including phenoxy) is 1. The molecule has 4 nitrogen and oxygen atoms in total. The molecular formula is C14H20Cl2N2O2. The van der Waals surface area contributed by atoms with Gasteiger partial charge >= 0.3 is 0 Å². The highest BCUT2D eigenvalue weighted by Crippen LogP contribution is 2.20. The number of benzene rings is 1. The van der Waals surface area contributed by atoms with Gasteiger partial charge in [-0.3, -0.25) is 9.69 Å². The van der Waals surface area contributed by atoms with Gasteiger partial charge in [-0.15, -0.1) is 24.0 Å². The number of piperazine rings is 1. The van der Waals surface area contributed by atoms with Crippen LogP contribution in [0, 0.1) is 0 Å². The summed E-state index contributed by atoms with van der Waals surface area (Å²) >= 11 is 5.73. The van der Waals surface area contributed by atoms with E-state index in [1.165, 1.54) is 0 Å². The summed E-state index contributed by atoms with van der Waals surface area (Å²) in [5.41, 5.74) is 0.635. The molecule has 0 spiro atoms. The summed E-state index contributed by atoms with van der Waals surface area (Å²) in [6.07, 6.45) is 0. The summed E-state index contributed by atoms with van der Waals surface area (Å²) < 4.78 is 5.24. The second-order valence-corrected chi connectivity index (χ2v) is 4.90. The minimum absolute atomic E-state index is 0. The molecule has 1 aromatic rings. The first-order valence-electron chi connectivity index (χ1n) is 6.47. The van der Waals surface area contributed by atoms with Crippen LogP contribution in [0.25, 0.3) is 0 Å². The van der Waals surface area contributed by atoms with Crippen molar-refractivity contribution in [3.63, 3.8) is 0 Å². The predicted molar refractivity (Wildman–Crippen MR) is 83.3 cm³/mol. The zero-order chi connectivity index (χ0) is 13.7. The smallest absolute Gasteiger partial charge is 0.257 e. The Kier molecular flexibility index (Phi) is 7.13. The van der Waals surface area contributed by atoms with E-state index in [0.717, 1.165) is 32.7 Å². The Hall–Kier alpha value is -0.970. The molecule has 0 bridgehead atoms. The molecule has 0 atom stereocenters. The third kappa shape index (κ3) is 4.01. The normalized spacial score (nSPS) is 15.6. The van der Waals surface area contributed by atoms with Gasteiger partial charge in [0.05, 0.1) is 12.7 Å². The van der Waals surface area contributed by atoms with E-state index in [4.69, 9.17) is 16.3 Å². The first kappa shape index (κ1) is 17.1. The maximum atomic E-state index is 12.4. The van der Waals surface area contributed by atoms with Crippen molar-refractivity contribution in [3.05, 3.63) is 29.8 Å². The van der Waals surface area contributed by atoms with Crippen molar-refractivity contribution < 1.29 is 9.53 Å². The van der Waals surface area contributed by atoms with Gasteiger partial charge < -0.3 is 9.64 Å². The minimum Gasteiger partial charge on any atom is -0.496 e. The fraction of sp³-hybridized carbons (Fsp3) is 0.500. The minimum atomic E-state index is 0. The third-order valence-corrected chi connectivity index (χ3v) is 3.57. The van der Waals surface area contributed by atoms with E-state index in [2.05, 4.69) is 4.90 Å². The van der Waals surface area contributed by atoms with E-state index in [1.54, 1.807) is 7.11 Å². The molecule has 0 aromatic heterocycles. The standard InChI is InChI=1S/C14H19ClN2O2.ClH/c1-19-13-5-3-2-4-12(13)14(18)17-10-8-16(7-6-15)9-11-17;/h2-5H,6-11H2,1H3;1H. The summed E-state index contributed by atoms with van der Waals surface area (Å²) in [5, 5.41) is 0. The maximum Gasteiger partial charge on any atom is 0.257 e. The number of hydrogen-bond acceptors (Lipinski definition) is 3. The molecule has 0 unspecified atom stereocenters. The second-order valence-electron chi connectivity index (χ2n) is 4.52. The molecule has 20 heavy (non-hydrogen) atoms. The van der Waals surface area contributed by atoms with E-state index in [-0.39, 0.29) is 18.3 Å². The van der Waals surface area contributed by atoms with Gasteiger partial charge in [0, 0.05) is 38.6 Å². The molecule has 0 radical (unpaired) electrons. The molecule has 0 aliphatic carbocycles. The van der Waals surface area contributed by atoms with E-state index in [0.29, 0.717) is 17.2 Å². The van der Waals surface area contributed by atoms with Gasteiger partial charge in [0.1, 0.15) is 5.75 Å². The number of hydrogen-bond donors (Lipinski definition) is 0. The Morgan fingerprint density at radius 3 is 2.50 bits per heavy atom. The fourth-order valence-corrected chi connectivity index (χ4v) is 2.52. The Morgan fingerprint density at radius 2 is 1.90 bits per heavy atom. The van der Waals surface area contributed by atoms with Gasteiger partial charge in [0.2, 0.25) is 0 Å². The molecule has 112 valence electrons. The van der Waals surface area contributed by atoms with Gasteiger partial charge in [0.15, 0.2) is 0 Å². The molecule has 1 amide bonds. The van der Waals surface area contributed by atoms with Crippen molar-refractivity contribution in [3.8, 4) is 5.75 Å². The summed E-state index contributed by atoms with van der Waals surface area (Å²) in [4.78, 5) is 16.6. The Bertz CT molecular complexity index is 435. The number of para-hydroxylation sites is 1. The number of halogens is 2. The largest absolute Gasteiger partial charge is 0.496 e. The Labute approximate surface area is 131 Å². The average molecular weight is 319 g/mol. The number of rotatable bonds is 4. The van der Waals surface area contributed by atoms with Crippen LogP contribution in [0.2, 0.25) is 0 Å². The topological polar surface area (TPSA) is 32.8 Å². The summed E-state index contributed by atoms with van der Waals surface area (Å²) in [6, 6.07) is 7.36. The monoisotopic (exact) mass is 318 g/mol. The molecule has 1 aliphatic rings. The van der Waals surface area contributed by atoms with Gasteiger partial charge in [-0.2, -0.15) is 0 Å². The summed E-state index contributed by atoms with van der Waals surface area (Å²) in [7, 11) is 1.59. The molecular weight excluding hydrogens is 299 g/mol. The highest BCUT2D eigenvalue weighted by atomic mass is 35.5. The molecule has 1 aliphatic heterocycles. The van der Waals surface area contributed by atoms with E-state index >= 15 is 0 Å². The van der Waals surface area contributed by atoms with Crippen LogP contribution < -0.4 is 4.74 Å². The number of carbonyl (C=O) groups excluding carboxylic acids is 1. The first-order valence-corrected chi connectivity index (χ1v) is 7.00. The molecule has 0 N–H and O–H groups in total. The fourth-order valence-electron chi connectivity index (χ4n) is 2.29. The van der Waals surface area contributed by atoms with E-state index < -0.39 is 0 Å². The van der Waals surface area contributed by atoms with E-state index in [1.807, 2.05) is 29.2 Å². The van der Waals surface area contributed by atoms with Crippen LogP contribution in [0.1, 0.15) is 10.4 Å². The van der Waals surface area contributed by atoms with Crippen molar-refractivity contribution in [1.82, 2.24) is 9.80 Å². The molecule has 1 fully saturated rings. The van der Waals surface area contributed by atoms with Crippen molar-refractivity contribution in [2.24, 2.45) is 0 Å². The van der Waals surface area contributed by atoms with Crippen LogP contribution in [0.4, 0.5) is 0 Å². The average Bonchev–Trinajstić information content (AvgIpc) is 2.47. The Morgan fingerprint density at radius 1 is 1.25 bits per heavy atom. The highest BCUT2D eigenvalue weighted by Gasteiger charge is 2.23. The molecule has 2 rings (SSSR count). The highest BCUT2D eigenvalue weighted by molar-refractivity contribution is 6.18. The van der Waals surface area contributed by atoms with Crippen LogP contribution in [0.3, 0.4) is 0 Å². The van der Waals surface area contributed by atoms with Gasteiger partial charge in [0.25, 0.3) is 5.91 Å². The number of amides is 1. The quantitative estimate of drug-likeness (QED) is 0.797. The lowest BCUT2D eigenvalue weighted by atomic mass is 10.1. The molecule has 0 saturated carbocycles. The molecule has 1 saturated heterocycles. The number of alkyl halides is 1. The van der Waals surface area contributed by atoms with Crippen LogP contribution in [0.15, 0.2) is 24.3 Å². The summed E-state index contributed by atoms with van der Waals surface area (Å²) in [6.45, 7) is 4.14. The SMILES string of the molecule is COc1ccccc1C(=O)N1CCN(CCCl)CC1.Cl. The molecule has 1 aromatic carbocycles. The van der Waals surface area contributed by atoms with Crippen LogP contribution in [-0.4, -0.2) is 61.4 Å². The number of methoxy groups -OCH3 is 1. The molecule has 1 heterocycles. The van der Waals surface area contributed by atoms with Crippen molar-refractivity contribution >= 4 is 29.9 Å². The first-order chi connectivity index (χ1) is 9.26. The zero-order valence-corrected chi connectivity index (χ0v) is 13.1. The van der Waals surface area contributed by atoms with Gasteiger partial charge in [-0.25, -0.2) is 0 Å². The van der Waals surface area contributed by atoms with Crippen LogP contribution in [0.5, 0.6) is 5.75 Å². The van der Waals surface area contributed by atoms with Crippen molar-refractivity contribution in [2.45, 2.75) is 0 Å². The van der Waals surface area contributed by atoms with Crippen LogP contribution >= 0.6 is 24.0 Å². The Balaban J connectivity index is 0.00000200. The predicted octanol–water partition coefficient (Wildman–Crippen LogP) is 2.11. The van der Waals surface area contributed by atoms with E-state index in [9.17, 15) is 4.79 Å². The third-order valence-electron chi connectivity index (χ3n) is 3.40. The lowest BCUT2D eigenvalue weighted by Gasteiger charge is -2.34. The van der Waals surface area contributed by atoms with Crippen molar-refractivity contribution in [2.75, 3.05) is 45.7 Å². The van der Waals surface area contributed by atoms with Crippen LogP contribution in [-0.2, 0) is 0 Å². The lowest BCUT2D eigenvalue weighted by Crippen LogP contribution is -2.49. The zero-order valence-electron chi connectivity index (χ0n) is 11.5. The van der Waals surface area contributed by atoms with Gasteiger partial charge in [-0.05, 0) is 12.1 Å². The number of carbonyl (C=O) groups is 1. The summed E-state index contributed by atoms with van der Waals surface area (Å²) in [5.74, 6) is 1.32. The molecule has 6 heteroatoms. The number of nitrogens with zero attached hydrogens (tertiary/aromatic N) is 2. The van der Waals surface area contributed by atoms with Crippen molar-refractivity contribution in [1.29, 1.82) is 0 Å².